The lowest BCUT2D eigenvalue weighted by Gasteiger charge is -2.17. The summed E-state index contributed by atoms with van der Waals surface area (Å²) in [5.74, 6) is 0. The molecule has 0 radical (unpaired) electrons. The van der Waals surface area contributed by atoms with E-state index >= 15 is 0 Å². The summed E-state index contributed by atoms with van der Waals surface area (Å²) in [5, 5.41) is 3.21. The molecule has 1 N–H and O–H groups in total. The average molecular weight is 195 g/mol. The van der Waals surface area contributed by atoms with Crippen molar-refractivity contribution >= 4 is 14.0 Å². The smallest absolute Gasteiger partial charge is 0.186 e. The molecule has 0 fully saturated rings. The molecular weight excluding hydrogens is 178 g/mol. The van der Waals surface area contributed by atoms with Gasteiger partial charge in [-0.3, -0.25) is 0 Å². The molecule has 0 aromatic heterocycles. The summed E-state index contributed by atoms with van der Waals surface area (Å²) in [7, 11) is -1.37. The largest absolute Gasteiger partial charge is 0.401 e. The predicted molar refractivity (Wildman–Crippen MR) is 59.4 cm³/mol. The Morgan fingerprint density at radius 1 is 1.15 bits per heavy atom. The van der Waals surface area contributed by atoms with Crippen LogP contribution in [0.2, 0.25) is 19.6 Å². The highest BCUT2D eigenvalue weighted by molar-refractivity contribution is 6.69. The van der Waals surface area contributed by atoms with E-state index in [4.69, 9.17) is 4.43 Å². The minimum atomic E-state index is -1.37. The summed E-state index contributed by atoms with van der Waals surface area (Å²) in [6, 6.07) is 10.1. The van der Waals surface area contributed by atoms with Gasteiger partial charge in [0.05, 0.1) is 0 Å². The standard InChI is InChI=1S/C10H17NOSi/c1-13(2,3)12-9-11-10-7-5-4-6-8-10/h4-8,11H,9H2,1-3H3. The van der Waals surface area contributed by atoms with Crippen molar-refractivity contribution in [3.63, 3.8) is 0 Å². The van der Waals surface area contributed by atoms with Gasteiger partial charge in [-0.15, -0.1) is 0 Å². The topological polar surface area (TPSA) is 21.3 Å². The summed E-state index contributed by atoms with van der Waals surface area (Å²) in [5.41, 5.74) is 1.11. The summed E-state index contributed by atoms with van der Waals surface area (Å²) in [6.45, 7) is 7.15. The van der Waals surface area contributed by atoms with E-state index in [0.29, 0.717) is 6.73 Å². The van der Waals surface area contributed by atoms with Gasteiger partial charge in [0.15, 0.2) is 8.32 Å². The molecule has 1 rings (SSSR count). The summed E-state index contributed by atoms with van der Waals surface area (Å²) >= 11 is 0. The molecule has 0 saturated heterocycles. The molecular formula is C10H17NOSi. The van der Waals surface area contributed by atoms with E-state index in [-0.39, 0.29) is 0 Å². The molecule has 0 saturated carbocycles. The maximum Gasteiger partial charge on any atom is 0.186 e. The quantitative estimate of drug-likeness (QED) is 0.589. The monoisotopic (exact) mass is 195 g/mol. The maximum absolute atomic E-state index is 5.66. The number of para-hydroxylation sites is 1. The third-order valence-electron chi connectivity index (χ3n) is 1.56. The van der Waals surface area contributed by atoms with Gasteiger partial charge in [-0.2, -0.15) is 0 Å². The van der Waals surface area contributed by atoms with Crippen molar-refractivity contribution in [3.05, 3.63) is 30.3 Å². The van der Waals surface area contributed by atoms with Crippen LogP contribution in [0, 0.1) is 0 Å². The zero-order valence-electron chi connectivity index (χ0n) is 8.50. The lowest BCUT2D eigenvalue weighted by molar-refractivity contribution is 0.341. The number of hydrogen-bond acceptors (Lipinski definition) is 2. The Kier molecular flexibility index (Phi) is 3.51. The summed E-state index contributed by atoms with van der Waals surface area (Å²) in [4.78, 5) is 0. The highest BCUT2D eigenvalue weighted by atomic mass is 28.4. The molecule has 0 atom stereocenters. The first-order valence-corrected chi connectivity index (χ1v) is 7.92. The molecule has 0 aliphatic carbocycles. The van der Waals surface area contributed by atoms with E-state index in [1.807, 2.05) is 30.3 Å². The number of anilines is 1. The van der Waals surface area contributed by atoms with E-state index in [0.717, 1.165) is 5.69 Å². The SMILES string of the molecule is C[Si](C)(C)OCNc1ccccc1. The van der Waals surface area contributed by atoms with Crippen LogP contribution >= 0.6 is 0 Å². The van der Waals surface area contributed by atoms with Crippen LogP contribution in [-0.4, -0.2) is 15.0 Å². The maximum atomic E-state index is 5.66. The van der Waals surface area contributed by atoms with Gasteiger partial charge < -0.3 is 9.74 Å². The second kappa shape index (κ2) is 4.44. The second-order valence-corrected chi connectivity index (χ2v) is 8.46. The van der Waals surface area contributed by atoms with Crippen LogP contribution in [0.1, 0.15) is 0 Å². The molecule has 1 aromatic carbocycles. The van der Waals surface area contributed by atoms with Crippen molar-refractivity contribution in [1.29, 1.82) is 0 Å². The van der Waals surface area contributed by atoms with Crippen molar-refractivity contribution in [1.82, 2.24) is 0 Å². The van der Waals surface area contributed by atoms with E-state index in [2.05, 4.69) is 25.0 Å². The Balaban J connectivity index is 2.29. The molecule has 0 amide bonds. The van der Waals surface area contributed by atoms with Gasteiger partial charge in [-0.25, -0.2) is 0 Å². The Morgan fingerprint density at radius 3 is 2.31 bits per heavy atom. The van der Waals surface area contributed by atoms with Gasteiger partial charge in [-0.1, -0.05) is 18.2 Å². The van der Waals surface area contributed by atoms with Crippen LogP contribution in [0.3, 0.4) is 0 Å². The highest BCUT2D eigenvalue weighted by Gasteiger charge is 2.12. The van der Waals surface area contributed by atoms with Crippen molar-refractivity contribution < 1.29 is 4.43 Å². The first kappa shape index (κ1) is 10.3. The molecule has 0 spiro atoms. The highest BCUT2D eigenvalue weighted by Crippen LogP contribution is 2.06. The van der Waals surface area contributed by atoms with Crippen LogP contribution in [-0.2, 0) is 4.43 Å². The van der Waals surface area contributed by atoms with E-state index < -0.39 is 8.32 Å². The first-order chi connectivity index (χ1) is 6.08. The first-order valence-electron chi connectivity index (χ1n) is 4.51. The van der Waals surface area contributed by atoms with Gasteiger partial charge >= 0.3 is 0 Å². The van der Waals surface area contributed by atoms with Gasteiger partial charge in [0.25, 0.3) is 0 Å². The molecule has 0 aliphatic heterocycles. The molecule has 1 aromatic rings. The van der Waals surface area contributed by atoms with Crippen molar-refractivity contribution in [2.24, 2.45) is 0 Å². The zero-order chi connectivity index (χ0) is 9.73. The molecule has 3 heteroatoms. The molecule has 2 nitrogen and oxygen atoms in total. The predicted octanol–water partition coefficient (Wildman–Crippen LogP) is 2.91. The molecule has 0 aliphatic rings. The van der Waals surface area contributed by atoms with Gasteiger partial charge in [0.2, 0.25) is 0 Å². The molecule has 0 bridgehead atoms. The minimum absolute atomic E-state index is 0.611. The summed E-state index contributed by atoms with van der Waals surface area (Å²) in [6.07, 6.45) is 0. The number of benzene rings is 1. The molecule has 0 heterocycles. The van der Waals surface area contributed by atoms with Crippen LogP contribution in [0.5, 0.6) is 0 Å². The van der Waals surface area contributed by atoms with Gasteiger partial charge in [0, 0.05) is 5.69 Å². The molecule has 0 unspecified atom stereocenters. The number of nitrogens with one attached hydrogen (secondary N) is 1. The van der Waals surface area contributed by atoms with Crippen molar-refractivity contribution in [3.8, 4) is 0 Å². The number of rotatable bonds is 4. The Morgan fingerprint density at radius 2 is 1.77 bits per heavy atom. The van der Waals surface area contributed by atoms with Crippen LogP contribution in [0.15, 0.2) is 30.3 Å². The lowest BCUT2D eigenvalue weighted by Crippen LogP contribution is -2.28. The van der Waals surface area contributed by atoms with Crippen LogP contribution in [0.4, 0.5) is 5.69 Å². The van der Waals surface area contributed by atoms with Crippen molar-refractivity contribution in [2.75, 3.05) is 12.0 Å². The van der Waals surface area contributed by atoms with Gasteiger partial charge in [0.1, 0.15) is 6.73 Å². The van der Waals surface area contributed by atoms with E-state index in [1.165, 1.54) is 0 Å². The third kappa shape index (κ3) is 4.70. The second-order valence-electron chi connectivity index (χ2n) is 3.94. The van der Waals surface area contributed by atoms with Crippen LogP contribution < -0.4 is 5.32 Å². The van der Waals surface area contributed by atoms with E-state index in [9.17, 15) is 0 Å². The van der Waals surface area contributed by atoms with Crippen molar-refractivity contribution in [2.45, 2.75) is 19.6 Å². The molecule has 72 valence electrons. The Labute approximate surface area is 81.1 Å². The Bertz CT molecular complexity index is 243. The lowest BCUT2D eigenvalue weighted by atomic mass is 10.3. The fraction of sp³-hybridized carbons (Fsp3) is 0.400. The minimum Gasteiger partial charge on any atom is -0.401 e. The van der Waals surface area contributed by atoms with Crippen LogP contribution in [0.25, 0.3) is 0 Å². The fourth-order valence-corrected chi connectivity index (χ4v) is 1.40. The zero-order valence-corrected chi connectivity index (χ0v) is 9.50. The molecule has 13 heavy (non-hydrogen) atoms. The summed E-state index contributed by atoms with van der Waals surface area (Å²) < 4.78 is 5.66. The third-order valence-corrected chi connectivity index (χ3v) is 2.57. The fourth-order valence-electron chi connectivity index (χ4n) is 0.892. The number of hydrogen-bond donors (Lipinski definition) is 1. The normalized spacial score (nSPS) is 11.3. The van der Waals surface area contributed by atoms with Gasteiger partial charge in [-0.05, 0) is 31.8 Å². The van der Waals surface area contributed by atoms with E-state index in [1.54, 1.807) is 0 Å². The Hall–Kier alpha value is -0.803. The average Bonchev–Trinajstić information content (AvgIpc) is 2.04.